The Kier molecular flexibility index (Phi) is 7.28. The van der Waals surface area contributed by atoms with E-state index in [1.807, 2.05) is 35.7 Å². The monoisotopic (exact) mass is 360 g/mol. The number of nitrogens with one attached hydrogen (secondary N) is 1. The lowest BCUT2D eigenvalue weighted by molar-refractivity contribution is -0.132. The highest BCUT2D eigenvalue weighted by Gasteiger charge is 2.29. The Morgan fingerprint density at radius 2 is 2.22 bits per heavy atom. The van der Waals surface area contributed by atoms with Gasteiger partial charge in [0.2, 0.25) is 5.91 Å². The largest absolute Gasteiger partial charge is 0.364 e. The maximum atomic E-state index is 12.1. The SMILES string of the molecule is Cc1cccc2nc(CNC(=O)[C@@H]3CC[C@H](CN)O3)cn12.Cl.Cl. The molecular formula is C15H22Cl2N4O2. The molecule has 6 nitrogen and oxygen atoms in total. The Labute approximate surface area is 147 Å². The number of hydrogen-bond acceptors (Lipinski definition) is 4. The topological polar surface area (TPSA) is 81.7 Å². The van der Waals surface area contributed by atoms with Crippen LogP contribution in [0.25, 0.3) is 5.65 Å². The van der Waals surface area contributed by atoms with Crippen molar-refractivity contribution in [2.45, 2.75) is 38.5 Å². The number of ether oxygens (including phenoxy) is 1. The number of carbonyl (C=O) groups excluding carboxylic acids is 1. The van der Waals surface area contributed by atoms with Crippen LogP contribution in [0.3, 0.4) is 0 Å². The molecule has 0 bridgehead atoms. The first-order chi connectivity index (χ1) is 10.2. The highest BCUT2D eigenvalue weighted by Crippen LogP contribution is 2.19. The van der Waals surface area contributed by atoms with E-state index in [4.69, 9.17) is 10.5 Å². The van der Waals surface area contributed by atoms with Gasteiger partial charge in [0.15, 0.2) is 0 Å². The minimum atomic E-state index is -0.377. The Bertz CT molecular complexity index is 662. The number of hydrogen-bond donors (Lipinski definition) is 2. The van der Waals surface area contributed by atoms with Crippen molar-refractivity contribution in [1.29, 1.82) is 0 Å². The van der Waals surface area contributed by atoms with E-state index in [1.54, 1.807) is 0 Å². The molecular weight excluding hydrogens is 339 g/mol. The number of nitrogens with two attached hydrogens (primary N) is 1. The molecule has 2 aromatic heterocycles. The molecule has 1 saturated heterocycles. The molecule has 1 aliphatic heterocycles. The maximum absolute atomic E-state index is 12.1. The number of aromatic nitrogens is 2. The van der Waals surface area contributed by atoms with Gasteiger partial charge >= 0.3 is 0 Å². The van der Waals surface area contributed by atoms with Crippen LogP contribution in [0.2, 0.25) is 0 Å². The zero-order valence-electron chi connectivity index (χ0n) is 12.9. The van der Waals surface area contributed by atoms with Crippen LogP contribution in [0.5, 0.6) is 0 Å². The van der Waals surface area contributed by atoms with E-state index in [9.17, 15) is 4.79 Å². The third kappa shape index (κ3) is 4.35. The van der Waals surface area contributed by atoms with Crippen LogP contribution in [0.15, 0.2) is 24.4 Å². The summed E-state index contributed by atoms with van der Waals surface area (Å²) in [6.45, 7) is 2.90. The molecule has 128 valence electrons. The van der Waals surface area contributed by atoms with E-state index in [0.717, 1.165) is 29.9 Å². The summed E-state index contributed by atoms with van der Waals surface area (Å²) in [6.07, 6.45) is 3.17. The van der Waals surface area contributed by atoms with Gasteiger partial charge in [-0.25, -0.2) is 4.98 Å². The van der Waals surface area contributed by atoms with Crippen LogP contribution in [0.1, 0.15) is 24.2 Å². The van der Waals surface area contributed by atoms with Crippen LogP contribution in [-0.2, 0) is 16.1 Å². The first kappa shape index (κ1) is 19.7. The fourth-order valence-corrected chi connectivity index (χ4v) is 2.65. The highest BCUT2D eigenvalue weighted by molar-refractivity contribution is 5.85. The molecule has 0 aliphatic carbocycles. The lowest BCUT2D eigenvalue weighted by Gasteiger charge is -2.11. The van der Waals surface area contributed by atoms with Crippen molar-refractivity contribution < 1.29 is 9.53 Å². The number of fused-ring (bicyclic) bond motifs is 1. The van der Waals surface area contributed by atoms with Crippen LogP contribution >= 0.6 is 24.8 Å². The van der Waals surface area contributed by atoms with Crippen LogP contribution < -0.4 is 11.1 Å². The van der Waals surface area contributed by atoms with E-state index in [2.05, 4.69) is 10.3 Å². The third-order valence-corrected chi connectivity index (χ3v) is 3.85. The number of pyridine rings is 1. The fourth-order valence-electron chi connectivity index (χ4n) is 2.65. The summed E-state index contributed by atoms with van der Waals surface area (Å²) >= 11 is 0. The average molecular weight is 361 g/mol. The molecule has 23 heavy (non-hydrogen) atoms. The average Bonchev–Trinajstić information content (AvgIpc) is 3.12. The molecule has 0 aromatic carbocycles. The van der Waals surface area contributed by atoms with Crippen molar-refractivity contribution >= 4 is 36.4 Å². The lowest BCUT2D eigenvalue weighted by atomic mass is 10.2. The summed E-state index contributed by atoms with van der Waals surface area (Å²) in [4.78, 5) is 16.5. The van der Waals surface area contributed by atoms with Gasteiger partial charge in [0, 0.05) is 18.4 Å². The van der Waals surface area contributed by atoms with E-state index in [1.165, 1.54) is 0 Å². The molecule has 2 atom stereocenters. The third-order valence-electron chi connectivity index (χ3n) is 3.85. The molecule has 0 radical (unpaired) electrons. The van der Waals surface area contributed by atoms with Crippen LogP contribution in [-0.4, -0.2) is 34.0 Å². The number of halogens is 2. The number of aryl methyl sites for hydroxylation is 1. The van der Waals surface area contributed by atoms with Crippen LogP contribution in [0.4, 0.5) is 0 Å². The summed E-state index contributed by atoms with van der Waals surface area (Å²) in [7, 11) is 0. The summed E-state index contributed by atoms with van der Waals surface area (Å²) in [6, 6.07) is 5.94. The molecule has 0 unspecified atom stereocenters. The van der Waals surface area contributed by atoms with Crippen molar-refractivity contribution in [3.05, 3.63) is 35.8 Å². The number of carbonyl (C=O) groups is 1. The van der Waals surface area contributed by atoms with Gasteiger partial charge < -0.3 is 20.2 Å². The molecule has 3 rings (SSSR count). The number of rotatable bonds is 4. The fraction of sp³-hybridized carbons (Fsp3) is 0.467. The van der Waals surface area contributed by atoms with Gasteiger partial charge in [-0.3, -0.25) is 4.79 Å². The molecule has 1 amide bonds. The Morgan fingerprint density at radius 1 is 1.43 bits per heavy atom. The number of imidazole rings is 1. The normalized spacial score (nSPS) is 19.9. The summed E-state index contributed by atoms with van der Waals surface area (Å²) in [5, 5.41) is 2.89. The Hall–Kier alpha value is -1.34. The zero-order chi connectivity index (χ0) is 14.8. The van der Waals surface area contributed by atoms with E-state index < -0.39 is 0 Å². The summed E-state index contributed by atoms with van der Waals surface area (Å²) in [5.74, 6) is -0.0836. The number of nitrogens with zero attached hydrogens (tertiary/aromatic N) is 2. The predicted octanol–water partition coefficient (Wildman–Crippen LogP) is 1.61. The minimum absolute atomic E-state index is 0. The van der Waals surface area contributed by atoms with Gasteiger partial charge in [0.1, 0.15) is 11.8 Å². The first-order valence-corrected chi connectivity index (χ1v) is 7.24. The molecule has 1 fully saturated rings. The van der Waals surface area contributed by atoms with Crippen molar-refractivity contribution in [3.8, 4) is 0 Å². The van der Waals surface area contributed by atoms with Crippen molar-refractivity contribution in [3.63, 3.8) is 0 Å². The smallest absolute Gasteiger partial charge is 0.249 e. The second-order valence-corrected chi connectivity index (χ2v) is 5.41. The molecule has 0 spiro atoms. The Morgan fingerprint density at radius 3 is 2.87 bits per heavy atom. The highest BCUT2D eigenvalue weighted by atomic mass is 35.5. The van der Waals surface area contributed by atoms with Crippen molar-refractivity contribution in [2.75, 3.05) is 6.54 Å². The quantitative estimate of drug-likeness (QED) is 0.867. The summed E-state index contributed by atoms with van der Waals surface area (Å²) < 4.78 is 7.59. The maximum Gasteiger partial charge on any atom is 0.249 e. The molecule has 3 N–H and O–H groups in total. The predicted molar refractivity (Wildman–Crippen MR) is 93.2 cm³/mol. The molecule has 0 saturated carbocycles. The molecule has 3 heterocycles. The van der Waals surface area contributed by atoms with Crippen molar-refractivity contribution in [2.24, 2.45) is 5.73 Å². The van der Waals surface area contributed by atoms with E-state index in [-0.39, 0.29) is 42.9 Å². The minimum Gasteiger partial charge on any atom is -0.364 e. The van der Waals surface area contributed by atoms with Gasteiger partial charge in [0.05, 0.1) is 18.3 Å². The second-order valence-electron chi connectivity index (χ2n) is 5.41. The van der Waals surface area contributed by atoms with E-state index >= 15 is 0 Å². The standard InChI is InChI=1S/C15H20N4O2.2ClH/c1-10-3-2-4-14-18-11(9-19(10)14)8-17-15(20)13-6-5-12(7-16)21-13;;/h2-4,9,12-13H,5-8,16H2,1H3,(H,17,20);2*1H/t12-,13+;;/m1../s1. The van der Waals surface area contributed by atoms with Gasteiger partial charge in [-0.15, -0.1) is 24.8 Å². The summed E-state index contributed by atoms with van der Waals surface area (Å²) in [5.41, 5.74) is 8.39. The number of amides is 1. The van der Waals surface area contributed by atoms with Crippen molar-refractivity contribution in [1.82, 2.24) is 14.7 Å². The van der Waals surface area contributed by atoms with Crippen LogP contribution in [0, 0.1) is 6.92 Å². The van der Waals surface area contributed by atoms with Gasteiger partial charge in [-0.05, 0) is 31.9 Å². The molecule has 1 aliphatic rings. The first-order valence-electron chi connectivity index (χ1n) is 7.24. The lowest BCUT2D eigenvalue weighted by Crippen LogP contribution is -2.35. The van der Waals surface area contributed by atoms with E-state index in [0.29, 0.717) is 13.1 Å². The molecule has 8 heteroatoms. The second kappa shape index (κ2) is 8.49. The molecule has 2 aromatic rings. The van der Waals surface area contributed by atoms with Gasteiger partial charge in [0.25, 0.3) is 0 Å². The van der Waals surface area contributed by atoms with Gasteiger partial charge in [-0.2, -0.15) is 0 Å². The Balaban J connectivity index is 0.00000132. The zero-order valence-corrected chi connectivity index (χ0v) is 14.5. The van der Waals surface area contributed by atoms with Gasteiger partial charge in [-0.1, -0.05) is 6.07 Å².